The first-order valence-corrected chi connectivity index (χ1v) is 9.44. The number of carbonyl (C=O) groups excluding carboxylic acids is 1. The standard InChI is InChI=1S/C16H22N2O6S/c1-24-8-7-17-25(22,23)14-4-2-3-11(10-14)15(19)18-13-6-5-12(9-13)16(20)21/h2-4,10,12-13,17H,5-9H2,1H3,(H,18,19)(H,20,21)/t12-,13+/m1/s1. The van der Waals surface area contributed by atoms with Gasteiger partial charge in [0.05, 0.1) is 17.4 Å². The van der Waals surface area contributed by atoms with Crippen LogP contribution in [0.2, 0.25) is 0 Å². The maximum Gasteiger partial charge on any atom is 0.306 e. The largest absolute Gasteiger partial charge is 0.481 e. The minimum atomic E-state index is -3.72. The number of carboxylic acids is 1. The van der Waals surface area contributed by atoms with Gasteiger partial charge in [-0.1, -0.05) is 6.07 Å². The molecule has 8 nitrogen and oxygen atoms in total. The van der Waals surface area contributed by atoms with E-state index in [2.05, 4.69) is 10.0 Å². The smallest absolute Gasteiger partial charge is 0.306 e. The van der Waals surface area contributed by atoms with Gasteiger partial charge in [-0.05, 0) is 37.5 Å². The highest BCUT2D eigenvalue weighted by atomic mass is 32.2. The summed E-state index contributed by atoms with van der Waals surface area (Å²) in [6.45, 7) is 0.375. The minimum absolute atomic E-state index is 0.00825. The molecule has 1 aromatic carbocycles. The maximum atomic E-state index is 12.3. The lowest BCUT2D eigenvalue weighted by atomic mass is 10.1. The summed E-state index contributed by atoms with van der Waals surface area (Å²) >= 11 is 0. The molecular weight excluding hydrogens is 348 g/mol. The van der Waals surface area contributed by atoms with E-state index in [0.717, 1.165) is 0 Å². The molecule has 0 aromatic heterocycles. The molecule has 1 aromatic rings. The highest BCUT2D eigenvalue weighted by Gasteiger charge is 2.30. The van der Waals surface area contributed by atoms with Gasteiger partial charge in [0.15, 0.2) is 0 Å². The number of rotatable bonds is 8. The fraction of sp³-hybridized carbons (Fsp3) is 0.500. The quantitative estimate of drug-likeness (QED) is 0.576. The molecule has 25 heavy (non-hydrogen) atoms. The maximum absolute atomic E-state index is 12.3. The van der Waals surface area contributed by atoms with Crippen LogP contribution < -0.4 is 10.0 Å². The number of benzene rings is 1. The van der Waals surface area contributed by atoms with Crippen molar-refractivity contribution in [1.82, 2.24) is 10.0 Å². The second kappa shape index (κ2) is 8.41. The molecular formula is C16H22N2O6S. The third-order valence-corrected chi connectivity index (χ3v) is 5.58. The zero-order valence-corrected chi connectivity index (χ0v) is 14.7. The second-order valence-electron chi connectivity index (χ2n) is 5.94. The number of carboxylic acid groups (broad SMARTS) is 1. The Kier molecular flexibility index (Phi) is 6.51. The lowest BCUT2D eigenvalue weighted by Crippen LogP contribution is -2.33. The van der Waals surface area contributed by atoms with Crippen molar-refractivity contribution in [2.24, 2.45) is 5.92 Å². The van der Waals surface area contributed by atoms with Gasteiger partial charge in [0, 0.05) is 25.3 Å². The fourth-order valence-electron chi connectivity index (χ4n) is 2.77. The Bertz CT molecular complexity index is 734. The first kappa shape index (κ1) is 19.4. The summed E-state index contributed by atoms with van der Waals surface area (Å²) in [5, 5.41) is 11.8. The van der Waals surface area contributed by atoms with Crippen LogP contribution >= 0.6 is 0 Å². The normalized spacial score (nSPS) is 20.4. The number of hydrogen-bond acceptors (Lipinski definition) is 5. The van der Waals surface area contributed by atoms with Crippen molar-refractivity contribution in [3.05, 3.63) is 29.8 Å². The van der Waals surface area contributed by atoms with Crippen molar-refractivity contribution in [1.29, 1.82) is 0 Å². The Hall–Kier alpha value is -1.97. The third-order valence-electron chi connectivity index (χ3n) is 4.12. The van der Waals surface area contributed by atoms with Gasteiger partial charge < -0.3 is 15.2 Å². The zero-order valence-electron chi connectivity index (χ0n) is 13.9. The van der Waals surface area contributed by atoms with E-state index in [9.17, 15) is 18.0 Å². The average molecular weight is 370 g/mol. The van der Waals surface area contributed by atoms with Gasteiger partial charge in [0.25, 0.3) is 5.91 Å². The van der Waals surface area contributed by atoms with Gasteiger partial charge in [0.1, 0.15) is 0 Å². The number of carbonyl (C=O) groups is 2. The first-order valence-electron chi connectivity index (χ1n) is 7.96. The van der Waals surface area contributed by atoms with Crippen LogP contribution in [0.4, 0.5) is 0 Å². The van der Waals surface area contributed by atoms with Gasteiger partial charge in [-0.3, -0.25) is 9.59 Å². The summed E-state index contributed by atoms with van der Waals surface area (Å²) in [5.41, 5.74) is 0.216. The monoisotopic (exact) mass is 370 g/mol. The predicted octanol–water partition coefficient (Wildman–Crippen LogP) is 0.594. The highest BCUT2D eigenvalue weighted by molar-refractivity contribution is 7.89. The van der Waals surface area contributed by atoms with Crippen molar-refractivity contribution in [2.75, 3.05) is 20.3 Å². The number of nitrogens with one attached hydrogen (secondary N) is 2. The molecule has 0 unspecified atom stereocenters. The predicted molar refractivity (Wildman–Crippen MR) is 89.7 cm³/mol. The van der Waals surface area contributed by atoms with Crippen molar-refractivity contribution in [3.63, 3.8) is 0 Å². The summed E-state index contributed by atoms with van der Waals surface area (Å²) < 4.78 is 31.5. The highest BCUT2D eigenvalue weighted by Crippen LogP contribution is 2.26. The summed E-state index contributed by atoms with van der Waals surface area (Å²) in [6.07, 6.45) is 1.51. The number of sulfonamides is 1. The van der Waals surface area contributed by atoms with Gasteiger partial charge >= 0.3 is 5.97 Å². The molecule has 0 radical (unpaired) electrons. The van der Waals surface area contributed by atoms with Crippen LogP contribution in [0.5, 0.6) is 0 Å². The van der Waals surface area contributed by atoms with Crippen molar-refractivity contribution in [3.8, 4) is 0 Å². The molecule has 1 aliphatic carbocycles. The molecule has 1 amide bonds. The van der Waals surface area contributed by atoms with E-state index in [1.807, 2.05) is 0 Å². The first-order chi connectivity index (χ1) is 11.8. The van der Waals surface area contributed by atoms with Crippen LogP contribution in [0, 0.1) is 5.92 Å². The Labute approximate surface area is 146 Å². The Morgan fingerprint density at radius 3 is 2.72 bits per heavy atom. The average Bonchev–Trinajstić information content (AvgIpc) is 3.04. The molecule has 0 bridgehead atoms. The lowest BCUT2D eigenvalue weighted by molar-refractivity contribution is -0.141. The van der Waals surface area contributed by atoms with E-state index in [1.165, 1.54) is 31.4 Å². The molecule has 0 heterocycles. The number of methoxy groups -OCH3 is 1. The number of amides is 1. The van der Waals surface area contributed by atoms with Gasteiger partial charge in [-0.25, -0.2) is 13.1 Å². The molecule has 138 valence electrons. The number of aliphatic carboxylic acids is 1. The Balaban J connectivity index is 2.03. The molecule has 2 rings (SSSR count). The Morgan fingerprint density at radius 1 is 1.32 bits per heavy atom. The van der Waals surface area contributed by atoms with E-state index < -0.39 is 27.8 Å². The summed E-state index contributed by atoms with van der Waals surface area (Å²) in [6, 6.07) is 5.51. The van der Waals surface area contributed by atoms with Crippen LogP contribution in [-0.2, 0) is 19.6 Å². The minimum Gasteiger partial charge on any atom is -0.481 e. The summed E-state index contributed by atoms with van der Waals surface area (Å²) in [7, 11) is -2.25. The molecule has 9 heteroatoms. The molecule has 1 fully saturated rings. The number of ether oxygens (including phenoxy) is 1. The van der Waals surface area contributed by atoms with Crippen LogP contribution in [0.3, 0.4) is 0 Å². The summed E-state index contributed by atoms with van der Waals surface area (Å²) in [4.78, 5) is 23.3. The number of hydrogen-bond donors (Lipinski definition) is 3. The zero-order chi connectivity index (χ0) is 18.4. The second-order valence-corrected chi connectivity index (χ2v) is 7.70. The van der Waals surface area contributed by atoms with E-state index in [1.54, 1.807) is 0 Å². The van der Waals surface area contributed by atoms with Gasteiger partial charge in [-0.15, -0.1) is 0 Å². The van der Waals surface area contributed by atoms with Crippen molar-refractivity contribution >= 4 is 21.9 Å². The molecule has 0 saturated heterocycles. The Morgan fingerprint density at radius 2 is 2.08 bits per heavy atom. The molecule has 0 spiro atoms. The fourth-order valence-corrected chi connectivity index (χ4v) is 3.83. The van der Waals surface area contributed by atoms with Crippen LogP contribution in [0.25, 0.3) is 0 Å². The molecule has 3 N–H and O–H groups in total. The van der Waals surface area contributed by atoms with Crippen molar-refractivity contribution < 1.29 is 27.9 Å². The molecule has 0 aliphatic heterocycles. The van der Waals surface area contributed by atoms with E-state index in [0.29, 0.717) is 19.3 Å². The van der Waals surface area contributed by atoms with Crippen LogP contribution in [-0.4, -0.2) is 51.7 Å². The van der Waals surface area contributed by atoms with Gasteiger partial charge in [0.2, 0.25) is 10.0 Å². The van der Waals surface area contributed by atoms with E-state index in [4.69, 9.17) is 9.84 Å². The van der Waals surface area contributed by atoms with Gasteiger partial charge in [-0.2, -0.15) is 0 Å². The molecule has 2 atom stereocenters. The molecule has 1 aliphatic rings. The third kappa shape index (κ3) is 5.25. The SMILES string of the molecule is COCCNS(=O)(=O)c1cccc(C(=O)N[C@H]2CC[C@@H](C(=O)O)C2)c1. The summed E-state index contributed by atoms with van der Waals surface area (Å²) in [5.74, 6) is -1.71. The van der Waals surface area contributed by atoms with Crippen molar-refractivity contribution in [2.45, 2.75) is 30.2 Å². The lowest BCUT2D eigenvalue weighted by Gasteiger charge is -2.13. The molecule has 1 saturated carbocycles. The van der Waals surface area contributed by atoms with Crippen LogP contribution in [0.15, 0.2) is 29.2 Å². The topological polar surface area (TPSA) is 122 Å². The van der Waals surface area contributed by atoms with E-state index in [-0.39, 0.29) is 29.7 Å². The van der Waals surface area contributed by atoms with E-state index >= 15 is 0 Å². The van der Waals surface area contributed by atoms with Crippen LogP contribution in [0.1, 0.15) is 29.6 Å².